The number of nitrogens with one attached hydrogen (secondary N) is 1. The molecule has 1 aliphatic rings. The van der Waals surface area contributed by atoms with Gasteiger partial charge >= 0.3 is 0 Å². The summed E-state index contributed by atoms with van der Waals surface area (Å²) in [6.07, 6.45) is 0.766. The molecule has 2 N–H and O–H groups in total. The van der Waals surface area contributed by atoms with Crippen molar-refractivity contribution in [3.8, 4) is 0 Å². The summed E-state index contributed by atoms with van der Waals surface area (Å²) >= 11 is 0. The highest BCUT2D eigenvalue weighted by molar-refractivity contribution is 5.89. The van der Waals surface area contributed by atoms with Gasteiger partial charge in [0.15, 0.2) is 5.78 Å². The molecule has 0 radical (unpaired) electrons. The third-order valence-corrected chi connectivity index (χ3v) is 2.18. The van der Waals surface area contributed by atoms with Gasteiger partial charge < -0.3 is 10.4 Å². The molecule has 4 heteroatoms. The highest BCUT2D eigenvalue weighted by Gasteiger charge is 2.19. The van der Waals surface area contributed by atoms with Gasteiger partial charge in [0.05, 0.1) is 0 Å². The lowest BCUT2D eigenvalue weighted by molar-refractivity contribution is -0.119. The lowest BCUT2D eigenvalue weighted by Crippen LogP contribution is -2.48. The Morgan fingerprint density at radius 3 is 2.77 bits per heavy atom. The van der Waals surface area contributed by atoms with Crippen LogP contribution in [0.4, 0.5) is 0 Å². The van der Waals surface area contributed by atoms with E-state index in [4.69, 9.17) is 0 Å². The van der Waals surface area contributed by atoms with Crippen molar-refractivity contribution >= 4 is 5.78 Å². The third kappa shape index (κ3) is 3.26. The van der Waals surface area contributed by atoms with Crippen LogP contribution in [0.1, 0.15) is 6.42 Å². The molecule has 0 bridgehead atoms. The predicted octanol–water partition coefficient (Wildman–Crippen LogP) is -0.645. The Morgan fingerprint density at radius 2 is 2.23 bits per heavy atom. The summed E-state index contributed by atoms with van der Waals surface area (Å²) in [5.74, 6) is -0.106. The summed E-state index contributed by atoms with van der Waals surface area (Å²) in [5.41, 5.74) is 0. The predicted molar refractivity (Wildman–Crippen MR) is 50.3 cm³/mol. The Labute approximate surface area is 78.2 Å². The standard InChI is InChI=1S/C9H16N2O2/c1-2-8(12)7-9(13)11-5-3-10-4-6-11/h2,9-10,13H,1,3-7H2. The van der Waals surface area contributed by atoms with E-state index in [1.807, 2.05) is 4.90 Å². The Bertz CT molecular complexity index is 188. The topological polar surface area (TPSA) is 52.6 Å². The second-order valence-corrected chi connectivity index (χ2v) is 3.14. The number of hydrogen-bond acceptors (Lipinski definition) is 4. The van der Waals surface area contributed by atoms with Crippen LogP contribution in [0.15, 0.2) is 12.7 Å². The number of rotatable bonds is 4. The quantitative estimate of drug-likeness (QED) is 0.570. The van der Waals surface area contributed by atoms with Gasteiger partial charge in [-0.25, -0.2) is 0 Å². The van der Waals surface area contributed by atoms with E-state index in [1.165, 1.54) is 6.08 Å². The van der Waals surface area contributed by atoms with Crippen molar-refractivity contribution < 1.29 is 9.90 Å². The number of carbonyl (C=O) groups excluding carboxylic acids is 1. The molecular weight excluding hydrogens is 168 g/mol. The minimum atomic E-state index is -0.646. The SMILES string of the molecule is C=CC(=O)CC(O)N1CCNCC1. The summed E-state index contributed by atoms with van der Waals surface area (Å²) in [5, 5.41) is 12.8. The molecule has 1 atom stereocenters. The number of carbonyl (C=O) groups is 1. The molecule has 0 aliphatic carbocycles. The van der Waals surface area contributed by atoms with Crippen molar-refractivity contribution in [1.29, 1.82) is 0 Å². The minimum Gasteiger partial charge on any atom is -0.378 e. The Hall–Kier alpha value is -0.710. The summed E-state index contributed by atoms with van der Waals surface area (Å²) in [6.45, 7) is 6.71. The molecule has 13 heavy (non-hydrogen) atoms. The van der Waals surface area contributed by atoms with Gasteiger partial charge in [0.2, 0.25) is 0 Å². The van der Waals surface area contributed by atoms with Crippen LogP contribution < -0.4 is 5.32 Å². The van der Waals surface area contributed by atoms with Crippen molar-refractivity contribution in [1.82, 2.24) is 10.2 Å². The first-order valence-corrected chi connectivity index (χ1v) is 4.52. The normalized spacial score (nSPS) is 21.0. The highest BCUT2D eigenvalue weighted by Crippen LogP contribution is 2.03. The molecule has 0 aromatic heterocycles. The number of hydrogen-bond donors (Lipinski definition) is 2. The number of nitrogens with zero attached hydrogens (tertiary/aromatic N) is 1. The number of allylic oxidation sites excluding steroid dienone is 1. The average Bonchev–Trinajstić information content (AvgIpc) is 2.19. The van der Waals surface area contributed by atoms with Gasteiger partial charge in [-0.2, -0.15) is 0 Å². The zero-order valence-electron chi connectivity index (χ0n) is 7.70. The smallest absolute Gasteiger partial charge is 0.159 e. The second kappa shape index (κ2) is 5.11. The van der Waals surface area contributed by atoms with E-state index in [2.05, 4.69) is 11.9 Å². The molecule has 0 amide bonds. The molecule has 1 saturated heterocycles. The molecule has 1 aliphatic heterocycles. The molecule has 0 spiro atoms. The van der Waals surface area contributed by atoms with Crippen LogP contribution in [0.25, 0.3) is 0 Å². The number of aliphatic hydroxyl groups is 1. The molecule has 1 fully saturated rings. The van der Waals surface area contributed by atoms with Gasteiger partial charge in [0.1, 0.15) is 6.23 Å². The van der Waals surface area contributed by atoms with E-state index in [-0.39, 0.29) is 12.2 Å². The second-order valence-electron chi connectivity index (χ2n) is 3.14. The largest absolute Gasteiger partial charge is 0.378 e. The van der Waals surface area contributed by atoms with Gasteiger partial charge in [-0.05, 0) is 6.08 Å². The minimum absolute atomic E-state index is 0.106. The lowest BCUT2D eigenvalue weighted by Gasteiger charge is -2.31. The van der Waals surface area contributed by atoms with Crippen LogP contribution in [-0.4, -0.2) is 48.2 Å². The maximum absolute atomic E-state index is 10.9. The van der Waals surface area contributed by atoms with Gasteiger partial charge in [-0.3, -0.25) is 9.69 Å². The van der Waals surface area contributed by atoms with Crippen LogP contribution >= 0.6 is 0 Å². The van der Waals surface area contributed by atoms with E-state index in [1.54, 1.807) is 0 Å². The highest BCUT2D eigenvalue weighted by atomic mass is 16.3. The Balaban J connectivity index is 2.32. The molecule has 1 rings (SSSR count). The van der Waals surface area contributed by atoms with Crippen molar-refractivity contribution in [2.45, 2.75) is 12.6 Å². The molecule has 4 nitrogen and oxygen atoms in total. The fourth-order valence-corrected chi connectivity index (χ4v) is 1.37. The van der Waals surface area contributed by atoms with Gasteiger partial charge in [0.25, 0.3) is 0 Å². The van der Waals surface area contributed by atoms with E-state index >= 15 is 0 Å². The van der Waals surface area contributed by atoms with Crippen LogP contribution in [0.5, 0.6) is 0 Å². The van der Waals surface area contributed by atoms with Crippen molar-refractivity contribution in [2.75, 3.05) is 26.2 Å². The Morgan fingerprint density at radius 1 is 1.62 bits per heavy atom. The van der Waals surface area contributed by atoms with E-state index in [9.17, 15) is 9.90 Å². The lowest BCUT2D eigenvalue weighted by atomic mass is 10.2. The average molecular weight is 184 g/mol. The third-order valence-electron chi connectivity index (χ3n) is 2.18. The molecular formula is C9H16N2O2. The molecule has 0 saturated carbocycles. The van der Waals surface area contributed by atoms with Crippen molar-refractivity contribution in [3.63, 3.8) is 0 Å². The summed E-state index contributed by atoms with van der Waals surface area (Å²) < 4.78 is 0. The zero-order chi connectivity index (χ0) is 9.68. The Kier molecular flexibility index (Phi) is 4.08. The van der Waals surface area contributed by atoms with Crippen molar-refractivity contribution in [3.05, 3.63) is 12.7 Å². The number of aliphatic hydroxyl groups excluding tert-OH is 1. The first kappa shape index (κ1) is 10.4. The molecule has 1 heterocycles. The van der Waals surface area contributed by atoms with Gasteiger partial charge in [-0.15, -0.1) is 0 Å². The molecule has 74 valence electrons. The monoisotopic (exact) mass is 184 g/mol. The van der Waals surface area contributed by atoms with Crippen LogP contribution in [0.2, 0.25) is 0 Å². The van der Waals surface area contributed by atoms with E-state index < -0.39 is 6.23 Å². The van der Waals surface area contributed by atoms with Crippen molar-refractivity contribution in [2.24, 2.45) is 0 Å². The molecule has 1 unspecified atom stereocenters. The number of piperazine rings is 1. The van der Waals surface area contributed by atoms with Gasteiger partial charge in [-0.1, -0.05) is 6.58 Å². The molecule has 0 aromatic rings. The molecule has 0 aromatic carbocycles. The number of ketones is 1. The fraction of sp³-hybridized carbons (Fsp3) is 0.667. The summed E-state index contributed by atoms with van der Waals surface area (Å²) in [4.78, 5) is 12.8. The van der Waals surface area contributed by atoms with E-state index in [0.717, 1.165) is 26.2 Å². The van der Waals surface area contributed by atoms with E-state index in [0.29, 0.717) is 0 Å². The first-order chi connectivity index (χ1) is 6.24. The summed E-state index contributed by atoms with van der Waals surface area (Å²) in [7, 11) is 0. The first-order valence-electron chi connectivity index (χ1n) is 4.52. The maximum Gasteiger partial charge on any atom is 0.159 e. The van der Waals surface area contributed by atoms with Gasteiger partial charge in [0, 0.05) is 32.6 Å². The van der Waals surface area contributed by atoms with Crippen LogP contribution in [-0.2, 0) is 4.79 Å². The van der Waals surface area contributed by atoms with Crippen LogP contribution in [0, 0.1) is 0 Å². The van der Waals surface area contributed by atoms with Crippen LogP contribution in [0.3, 0.4) is 0 Å². The summed E-state index contributed by atoms with van der Waals surface area (Å²) in [6, 6.07) is 0. The zero-order valence-corrected chi connectivity index (χ0v) is 7.70. The fourth-order valence-electron chi connectivity index (χ4n) is 1.37. The maximum atomic E-state index is 10.9.